The van der Waals surface area contributed by atoms with Gasteiger partial charge in [-0.1, -0.05) is 19.3 Å². The highest BCUT2D eigenvalue weighted by atomic mass is 16.6. The lowest BCUT2D eigenvalue weighted by Gasteiger charge is -2.19. The Morgan fingerprint density at radius 2 is 1.88 bits per heavy atom. The van der Waals surface area contributed by atoms with E-state index in [1.54, 1.807) is 19.3 Å². The van der Waals surface area contributed by atoms with E-state index in [4.69, 9.17) is 13.9 Å². The minimum Gasteiger partial charge on any atom is -0.451 e. The van der Waals surface area contributed by atoms with Gasteiger partial charge in [0.05, 0.1) is 11.1 Å². The third-order valence-electron chi connectivity index (χ3n) is 6.41. The molecule has 1 aliphatic rings. The van der Waals surface area contributed by atoms with Gasteiger partial charge in [-0.2, -0.15) is 0 Å². The van der Waals surface area contributed by atoms with Gasteiger partial charge in [-0.05, 0) is 72.4 Å². The van der Waals surface area contributed by atoms with Gasteiger partial charge in [0, 0.05) is 37.5 Å². The molecule has 0 bridgehead atoms. The second-order valence-electron chi connectivity index (χ2n) is 11.4. The highest BCUT2D eigenvalue weighted by molar-refractivity contribution is 6.09. The predicted molar refractivity (Wildman–Crippen MR) is 163 cm³/mol. The number of amides is 1. The quantitative estimate of drug-likeness (QED) is 0.146. The van der Waals surface area contributed by atoms with Crippen LogP contribution in [0.4, 0.5) is 10.5 Å². The molecule has 0 atom stereocenters. The maximum absolute atomic E-state index is 12.0. The molecule has 0 unspecified atom stereocenters. The molecule has 2 aromatic rings. The van der Waals surface area contributed by atoms with Gasteiger partial charge in [0.1, 0.15) is 23.7 Å². The number of hydrogen-bond donors (Lipinski definition) is 3. The number of carbonyl (C=O) groups is 2. The minimum atomic E-state index is -0.670. The fourth-order valence-electron chi connectivity index (χ4n) is 4.36. The fourth-order valence-corrected chi connectivity index (χ4v) is 4.36. The molecule has 2 heterocycles. The number of anilines is 1. The van der Waals surface area contributed by atoms with Crippen LogP contribution in [0.5, 0.6) is 0 Å². The number of cyclic esters (lactones) is 1. The Morgan fingerprint density at radius 1 is 1.14 bits per heavy atom. The lowest BCUT2D eigenvalue weighted by atomic mass is 9.95. The zero-order chi connectivity index (χ0) is 30.8. The number of allylic oxidation sites excluding steroid dienone is 1. The van der Waals surface area contributed by atoms with E-state index >= 15 is 0 Å². The van der Waals surface area contributed by atoms with E-state index in [1.807, 2.05) is 46.8 Å². The van der Waals surface area contributed by atoms with E-state index in [0.29, 0.717) is 41.7 Å². The second kappa shape index (κ2) is 14.6. The average molecular weight is 582 g/mol. The van der Waals surface area contributed by atoms with Gasteiger partial charge in [-0.25, -0.2) is 14.6 Å². The fraction of sp³-hybridized carbons (Fsp3) is 0.533. The summed E-state index contributed by atoms with van der Waals surface area (Å²) in [5.41, 5.74) is 1.60. The first-order valence-corrected chi connectivity index (χ1v) is 14.2. The van der Waals surface area contributed by atoms with Crippen LogP contribution in [-0.4, -0.2) is 61.1 Å². The monoisotopic (exact) mass is 581 g/mol. The summed E-state index contributed by atoms with van der Waals surface area (Å²) in [5.74, 6) is 0.990. The number of hydrogen-bond acceptors (Lipinski definition) is 11. The Hall–Kier alpha value is -4.22. The van der Waals surface area contributed by atoms with E-state index in [-0.39, 0.29) is 18.7 Å². The molecule has 228 valence electrons. The topological polar surface area (TPSA) is 152 Å². The minimum absolute atomic E-state index is 0.264. The molecule has 0 radical (unpaired) electrons. The summed E-state index contributed by atoms with van der Waals surface area (Å²) in [4.78, 5) is 32.2. The number of carbonyl (C=O) groups excluding carboxylic acids is 2. The molecule has 0 spiro atoms. The van der Waals surface area contributed by atoms with Gasteiger partial charge in [0.2, 0.25) is 5.89 Å². The molecular formula is C30H43N7O5. The number of ether oxygens (including phenoxy) is 2. The first kappa shape index (κ1) is 32.3. The number of aliphatic imine (C=N–C) groups is 2. The third-order valence-corrected chi connectivity index (χ3v) is 6.41. The van der Waals surface area contributed by atoms with Gasteiger partial charge >= 0.3 is 12.1 Å². The van der Waals surface area contributed by atoms with Crippen molar-refractivity contribution in [2.24, 2.45) is 9.98 Å². The summed E-state index contributed by atoms with van der Waals surface area (Å²) in [5, 5.41) is 17.4. The van der Waals surface area contributed by atoms with Crippen molar-refractivity contribution in [1.82, 2.24) is 20.8 Å². The molecule has 42 heavy (non-hydrogen) atoms. The number of nitrogens with zero attached hydrogens (tertiary/aromatic N) is 4. The zero-order valence-electron chi connectivity index (χ0n) is 25.5. The molecule has 0 saturated carbocycles. The maximum atomic E-state index is 12.0. The number of aryl methyl sites for hydroxylation is 1. The number of alkyl carbamates (subject to hydrolysis) is 1. The first-order valence-electron chi connectivity index (χ1n) is 14.2. The molecule has 1 amide bonds. The summed E-state index contributed by atoms with van der Waals surface area (Å²) in [6, 6.07) is 5.49. The Kier molecular flexibility index (Phi) is 11.2. The standard InChI is InChI=1S/C30H43N7O5/c1-29(2,3)42-28(39)34-16-12-10-8-9-11-13-24-36-37-26(40-24)22(25(31-6)32-7)18-33-19-35-20-14-15-21-23(17-20)30(4,5)41-27(21)38/h14-15,17-18,32,35H,6,8-13,16,19H2,1-5,7H3,(H,34,39)/b25-22-,33-18-. The molecule has 12 nitrogen and oxygen atoms in total. The van der Waals surface area contributed by atoms with Gasteiger partial charge in [0.25, 0.3) is 5.89 Å². The molecule has 1 aromatic carbocycles. The van der Waals surface area contributed by atoms with Crippen LogP contribution < -0.4 is 16.0 Å². The van der Waals surface area contributed by atoms with Crippen molar-refractivity contribution in [2.45, 2.75) is 84.3 Å². The van der Waals surface area contributed by atoms with Crippen molar-refractivity contribution < 1.29 is 23.5 Å². The van der Waals surface area contributed by atoms with Crippen LogP contribution in [0, 0.1) is 0 Å². The second-order valence-corrected chi connectivity index (χ2v) is 11.4. The van der Waals surface area contributed by atoms with Gasteiger partial charge in [-0.3, -0.25) is 4.99 Å². The van der Waals surface area contributed by atoms with Gasteiger partial charge < -0.3 is 29.8 Å². The van der Waals surface area contributed by atoms with E-state index in [2.05, 4.69) is 42.9 Å². The summed E-state index contributed by atoms with van der Waals surface area (Å²) in [7, 11) is 1.73. The van der Waals surface area contributed by atoms with Crippen molar-refractivity contribution in [1.29, 1.82) is 0 Å². The van der Waals surface area contributed by atoms with Crippen molar-refractivity contribution >= 4 is 36.3 Å². The molecule has 12 heteroatoms. The Morgan fingerprint density at radius 3 is 2.60 bits per heavy atom. The third kappa shape index (κ3) is 9.42. The lowest BCUT2D eigenvalue weighted by Crippen LogP contribution is -2.32. The van der Waals surface area contributed by atoms with E-state index < -0.39 is 11.2 Å². The Bertz CT molecular complexity index is 1310. The number of fused-ring (bicyclic) bond motifs is 1. The van der Waals surface area contributed by atoms with Crippen LogP contribution in [0.25, 0.3) is 5.57 Å². The molecular weight excluding hydrogens is 538 g/mol. The summed E-state index contributed by atoms with van der Waals surface area (Å²) in [6.45, 7) is 13.8. The molecule has 3 N–H and O–H groups in total. The number of esters is 1. The average Bonchev–Trinajstić information content (AvgIpc) is 3.47. The predicted octanol–water partition coefficient (Wildman–Crippen LogP) is 5.22. The van der Waals surface area contributed by atoms with Crippen molar-refractivity contribution in [3.63, 3.8) is 0 Å². The van der Waals surface area contributed by atoms with Crippen LogP contribution in [0.2, 0.25) is 0 Å². The molecule has 1 aliphatic heterocycles. The van der Waals surface area contributed by atoms with Crippen LogP contribution in [0.1, 0.15) is 94.4 Å². The highest BCUT2D eigenvalue weighted by Gasteiger charge is 2.37. The first-order chi connectivity index (χ1) is 19.9. The molecule has 0 fully saturated rings. The number of benzene rings is 1. The number of aromatic nitrogens is 2. The summed E-state index contributed by atoms with van der Waals surface area (Å²) in [6.07, 6.45) is 6.75. The Balaban J connectivity index is 1.46. The molecule has 3 rings (SSSR count). The number of rotatable bonds is 15. The summed E-state index contributed by atoms with van der Waals surface area (Å²) >= 11 is 0. The van der Waals surface area contributed by atoms with Gasteiger partial charge in [0.15, 0.2) is 0 Å². The Labute approximate surface area is 247 Å². The van der Waals surface area contributed by atoms with Crippen LogP contribution in [0.3, 0.4) is 0 Å². The zero-order valence-corrected chi connectivity index (χ0v) is 25.5. The molecule has 0 saturated heterocycles. The van der Waals surface area contributed by atoms with Crippen LogP contribution in [-0.2, 0) is 21.5 Å². The van der Waals surface area contributed by atoms with E-state index in [0.717, 1.165) is 43.4 Å². The number of nitrogens with one attached hydrogen (secondary N) is 3. The SMILES string of the molecule is C=N/C(NC)=C(\C=N/CNc1ccc2c(c1)C(C)(C)OC2=O)c1nnc(CCCCCCCNC(=O)OC(C)(C)C)o1. The van der Waals surface area contributed by atoms with Gasteiger partial charge in [-0.15, -0.1) is 10.2 Å². The van der Waals surface area contributed by atoms with E-state index in [9.17, 15) is 9.59 Å². The largest absolute Gasteiger partial charge is 0.451 e. The normalized spacial score (nSPS) is 14.7. The van der Waals surface area contributed by atoms with Crippen molar-refractivity contribution in [2.75, 3.05) is 25.6 Å². The maximum Gasteiger partial charge on any atom is 0.407 e. The number of unbranched alkanes of at least 4 members (excludes halogenated alkanes) is 4. The molecule has 0 aliphatic carbocycles. The van der Waals surface area contributed by atoms with Crippen molar-refractivity contribution in [3.8, 4) is 0 Å². The van der Waals surface area contributed by atoms with Crippen LogP contribution in [0.15, 0.2) is 38.4 Å². The molecule has 1 aromatic heterocycles. The van der Waals surface area contributed by atoms with Crippen molar-refractivity contribution in [3.05, 3.63) is 46.9 Å². The van der Waals surface area contributed by atoms with E-state index in [1.165, 1.54) is 0 Å². The lowest BCUT2D eigenvalue weighted by molar-refractivity contribution is 0.00951. The highest BCUT2D eigenvalue weighted by Crippen LogP contribution is 2.37. The van der Waals surface area contributed by atoms with Crippen LogP contribution >= 0.6 is 0 Å². The smallest absolute Gasteiger partial charge is 0.407 e. The summed E-state index contributed by atoms with van der Waals surface area (Å²) < 4.78 is 16.6.